The molecule has 0 aromatic heterocycles. The Hall–Kier alpha value is -2.82. The molecule has 4 rings (SSSR count). The van der Waals surface area contributed by atoms with E-state index in [9.17, 15) is 9.59 Å². The number of carbonyl (C=O) groups is 2. The topological polar surface area (TPSA) is 49.9 Å². The Kier molecular flexibility index (Phi) is 4.84. The van der Waals surface area contributed by atoms with E-state index in [2.05, 4.69) is 12.1 Å². The minimum atomic E-state index is -0.443. The average Bonchev–Trinajstić information content (AvgIpc) is 3.03. The fourth-order valence-corrected chi connectivity index (χ4v) is 3.91. The first-order valence-corrected chi connectivity index (χ1v) is 9.51. The van der Waals surface area contributed by atoms with E-state index in [4.69, 9.17) is 4.74 Å². The summed E-state index contributed by atoms with van der Waals surface area (Å²) < 4.78 is 5.77. The lowest BCUT2D eigenvalue weighted by molar-refractivity contribution is 0.00314. The number of rotatable bonds is 4. The van der Waals surface area contributed by atoms with Gasteiger partial charge in [-0.15, -0.1) is 0 Å². The Labute approximate surface area is 159 Å². The minimum Gasteiger partial charge on any atom is -0.441 e. The summed E-state index contributed by atoms with van der Waals surface area (Å²) in [4.78, 5) is 28.6. The number of piperidine rings is 1. The molecule has 2 aliphatic rings. The molecule has 1 spiro atoms. The van der Waals surface area contributed by atoms with Crippen LogP contribution in [0, 0.1) is 0 Å². The molecule has 0 bridgehead atoms. The van der Waals surface area contributed by atoms with Gasteiger partial charge in [0, 0.05) is 38.0 Å². The maximum Gasteiger partial charge on any atom is 0.410 e. The summed E-state index contributed by atoms with van der Waals surface area (Å²) in [5.41, 5.74) is 1.48. The number of carbonyl (C=O) groups excluding carboxylic acids is 2. The van der Waals surface area contributed by atoms with Crippen LogP contribution in [0.25, 0.3) is 0 Å². The molecule has 0 aliphatic carbocycles. The zero-order chi connectivity index (χ0) is 18.7. The van der Waals surface area contributed by atoms with Crippen LogP contribution in [-0.4, -0.2) is 53.6 Å². The van der Waals surface area contributed by atoms with E-state index in [1.165, 1.54) is 5.56 Å². The molecule has 2 aromatic carbocycles. The van der Waals surface area contributed by atoms with Crippen molar-refractivity contribution in [2.45, 2.75) is 24.9 Å². The third kappa shape index (κ3) is 3.82. The van der Waals surface area contributed by atoms with Crippen molar-refractivity contribution in [1.29, 1.82) is 0 Å². The van der Waals surface area contributed by atoms with Crippen LogP contribution >= 0.6 is 0 Å². The second-order valence-corrected chi connectivity index (χ2v) is 7.37. The van der Waals surface area contributed by atoms with Gasteiger partial charge in [-0.1, -0.05) is 48.5 Å². The maximum absolute atomic E-state index is 12.6. The third-order valence-electron chi connectivity index (χ3n) is 5.54. The molecule has 2 aliphatic heterocycles. The fraction of sp³-hybridized carbons (Fsp3) is 0.364. The summed E-state index contributed by atoms with van der Waals surface area (Å²) >= 11 is 0. The summed E-state index contributed by atoms with van der Waals surface area (Å²) in [6.45, 7) is 2.52. The summed E-state index contributed by atoms with van der Waals surface area (Å²) in [6.07, 6.45) is 1.98. The fourth-order valence-electron chi connectivity index (χ4n) is 3.91. The van der Waals surface area contributed by atoms with E-state index in [0.717, 1.165) is 6.42 Å². The van der Waals surface area contributed by atoms with Crippen molar-refractivity contribution in [3.63, 3.8) is 0 Å². The summed E-state index contributed by atoms with van der Waals surface area (Å²) in [6, 6.07) is 19.5. The monoisotopic (exact) mass is 364 g/mol. The number of likely N-dealkylation sites (tertiary alicyclic amines) is 1. The highest BCUT2D eigenvalue weighted by molar-refractivity contribution is 5.94. The standard InChI is InChI=1S/C22H24N2O3/c25-20(19-9-5-2-6-10-19)23-15-12-22(13-16-23)17-24(21(26)27-22)14-11-18-7-3-1-4-8-18/h1-10H,11-17H2. The van der Waals surface area contributed by atoms with Crippen LogP contribution in [0.15, 0.2) is 60.7 Å². The minimum absolute atomic E-state index is 0.0516. The Morgan fingerprint density at radius 3 is 2.26 bits per heavy atom. The zero-order valence-electron chi connectivity index (χ0n) is 15.3. The van der Waals surface area contributed by atoms with E-state index in [1.54, 1.807) is 0 Å². The number of benzene rings is 2. The highest BCUT2D eigenvalue weighted by Gasteiger charge is 2.47. The molecule has 2 heterocycles. The lowest BCUT2D eigenvalue weighted by Crippen LogP contribution is -2.48. The largest absolute Gasteiger partial charge is 0.441 e. The normalized spacial score (nSPS) is 18.6. The van der Waals surface area contributed by atoms with E-state index < -0.39 is 5.60 Å². The summed E-state index contributed by atoms with van der Waals surface area (Å²) in [5.74, 6) is 0.0516. The van der Waals surface area contributed by atoms with Crippen molar-refractivity contribution in [1.82, 2.24) is 9.80 Å². The van der Waals surface area contributed by atoms with Gasteiger partial charge in [-0.2, -0.15) is 0 Å². The molecule has 0 unspecified atom stereocenters. The van der Waals surface area contributed by atoms with Gasteiger partial charge >= 0.3 is 6.09 Å². The average molecular weight is 364 g/mol. The summed E-state index contributed by atoms with van der Waals surface area (Å²) in [7, 11) is 0. The smallest absolute Gasteiger partial charge is 0.410 e. The Bertz CT molecular complexity index is 799. The first-order valence-electron chi connectivity index (χ1n) is 9.51. The van der Waals surface area contributed by atoms with Crippen LogP contribution in [0.1, 0.15) is 28.8 Å². The molecule has 0 radical (unpaired) electrons. The van der Waals surface area contributed by atoms with Crippen LogP contribution in [-0.2, 0) is 11.2 Å². The molecule has 0 N–H and O–H groups in total. The molecule has 2 fully saturated rings. The predicted molar refractivity (Wildman–Crippen MR) is 103 cm³/mol. The molecule has 140 valence electrons. The third-order valence-corrected chi connectivity index (χ3v) is 5.54. The molecule has 5 nitrogen and oxygen atoms in total. The van der Waals surface area contributed by atoms with Gasteiger partial charge in [-0.3, -0.25) is 4.79 Å². The van der Waals surface area contributed by atoms with Crippen molar-refractivity contribution < 1.29 is 14.3 Å². The van der Waals surface area contributed by atoms with Gasteiger partial charge in [0.15, 0.2) is 0 Å². The van der Waals surface area contributed by atoms with Crippen LogP contribution in [0.3, 0.4) is 0 Å². The number of hydrogen-bond donors (Lipinski definition) is 0. The van der Waals surface area contributed by atoms with Crippen LogP contribution in [0.5, 0.6) is 0 Å². The van der Waals surface area contributed by atoms with E-state index in [1.807, 2.05) is 58.3 Å². The molecule has 0 saturated carbocycles. The second-order valence-electron chi connectivity index (χ2n) is 7.37. The molecule has 2 aromatic rings. The van der Waals surface area contributed by atoms with Gasteiger partial charge in [0.05, 0.1) is 6.54 Å². The maximum atomic E-state index is 12.6. The molecule has 2 amide bonds. The Morgan fingerprint density at radius 2 is 1.59 bits per heavy atom. The molecule has 27 heavy (non-hydrogen) atoms. The van der Waals surface area contributed by atoms with E-state index >= 15 is 0 Å². The number of nitrogens with zero attached hydrogens (tertiary/aromatic N) is 2. The summed E-state index contributed by atoms with van der Waals surface area (Å²) in [5, 5.41) is 0. The Morgan fingerprint density at radius 1 is 0.963 bits per heavy atom. The first-order chi connectivity index (χ1) is 13.2. The highest BCUT2D eigenvalue weighted by atomic mass is 16.6. The number of amides is 2. The van der Waals surface area contributed by atoms with E-state index in [0.29, 0.717) is 44.6 Å². The number of hydrogen-bond acceptors (Lipinski definition) is 3. The van der Waals surface area contributed by atoms with Gasteiger partial charge in [-0.05, 0) is 24.1 Å². The van der Waals surface area contributed by atoms with Gasteiger partial charge < -0.3 is 14.5 Å². The Balaban J connectivity index is 1.33. The SMILES string of the molecule is O=C1OC2(CCN(C(=O)c3ccccc3)CC2)CN1CCc1ccccc1. The van der Waals surface area contributed by atoms with Crippen LogP contribution < -0.4 is 0 Å². The van der Waals surface area contributed by atoms with Gasteiger partial charge in [0.2, 0.25) is 0 Å². The quantitative estimate of drug-likeness (QED) is 0.836. The molecule has 2 saturated heterocycles. The molecule has 0 atom stereocenters. The van der Waals surface area contributed by atoms with Crippen molar-refractivity contribution in [2.75, 3.05) is 26.2 Å². The second kappa shape index (κ2) is 7.43. The van der Waals surface area contributed by atoms with Gasteiger partial charge in [0.1, 0.15) is 5.60 Å². The van der Waals surface area contributed by atoms with Gasteiger partial charge in [-0.25, -0.2) is 4.79 Å². The lowest BCUT2D eigenvalue weighted by Gasteiger charge is -2.37. The predicted octanol–water partition coefficient (Wildman–Crippen LogP) is 3.36. The van der Waals surface area contributed by atoms with E-state index in [-0.39, 0.29) is 12.0 Å². The van der Waals surface area contributed by atoms with Crippen molar-refractivity contribution in [2.24, 2.45) is 0 Å². The molecular weight excluding hydrogens is 340 g/mol. The lowest BCUT2D eigenvalue weighted by atomic mass is 9.91. The van der Waals surface area contributed by atoms with Gasteiger partial charge in [0.25, 0.3) is 5.91 Å². The highest BCUT2D eigenvalue weighted by Crippen LogP contribution is 2.33. The molecule has 5 heteroatoms. The van der Waals surface area contributed by atoms with Crippen LogP contribution in [0.2, 0.25) is 0 Å². The van der Waals surface area contributed by atoms with Crippen LogP contribution in [0.4, 0.5) is 4.79 Å². The van der Waals surface area contributed by atoms with Crippen molar-refractivity contribution in [3.05, 3.63) is 71.8 Å². The first kappa shape index (κ1) is 17.6. The van der Waals surface area contributed by atoms with Crippen molar-refractivity contribution in [3.8, 4) is 0 Å². The van der Waals surface area contributed by atoms with Crippen molar-refractivity contribution >= 4 is 12.0 Å². The molecular formula is C22H24N2O3. The number of ether oxygens (including phenoxy) is 1. The zero-order valence-corrected chi connectivity index (χ0v) is 15.3.